The van der Waals surface area contributed by atoms with Crippen LogP contribution in [-0.2, 0) is 19.6 Å². The number of sulfonamides is 1. The molecule has 2 aliphatic heterocycles. The van der Waals surface area contributed by atoms with Crippen LogP contribution in [0.25, 0.3) is 0 Å². The van der Waals surface area contributed by atoms with E-state index in [0.717, 1.165) is 0 Å². The lowest BCUT2D eigenvalue weighted by Crippen LogP contribution is -2.43. The molecule has 1 fully saturated rings. The molecule has 0 bridgehead atoms. The van der Waals surface area contributed by atoms with E-state index in [1.165, 1.54) is 28.6 Å². The number of nitrogens with zero attached hydrogens (tertiary/aromatic N) is 1. The van der Waals surface area contributed by atoms with Gasteiger partial charge < -0.3 is 15.4 Å². The quantitative estimate of drug-likeness (QED) is 0.729. The minimum Gasteiger partial charge on any atom is -0.479 e. The summed E-state index contributed by atoms with van der Waals surface area (Å²) in [5.41, 5.74) is 1.82. The number of hydrogen-bond acceptors (Lipinski definition) is 5. The smallest absolute Gasteiger partial charge is 0.265 e. The second-order valence-corrected chi connectivity index (χ2v) is 9.94. The molecular weight excluding hydrogens is 437 g/mol. The van der Waals surface area contributed by atoms with E-state index in [2.05, 4.69) is 10.6 Å². The predicted molar refractivity (Wildman–Crippen MR) is 117 cm³/mol. The average Bonchev–Trinajstić information content (AvgIpc) is 3.22. The van der Waals surface area contributed by atoms with E-state index in [1.807, 2.05) is 0 Å². The number of benzene rings is 2. The standard InChI is InChI=1S/C22H24FN3O5S/c1-12-9-15(23)6-7-16(12)24-22(28)18-5-4-8-26(18)32(29,30)20-11-19-17(10-13(20)2)25-21(27)14(3)31-19/h6-7,9-11,14,18H,4-5,8H2,1-3H3,(H,24,28)(H,25,27)/t14-,18+/m0/s1. The Balaban J connectivity index is 1.63. The van der Waals surface area contributed by atoms with Crippen LogP contribution >= 0.6 is 0 Å². The zero-order chi connectivity index (χ0) is 23.2. The minimum atomic E-state index is -4.02. The number of aryl methyl sites for hydroxylation is 2. The number of carbonyl (C=O) groups is 2. The number of halogens is 1. The molecule has 2 heterocycles. The van der Waals surface area contributed by atoms with E-state index in [0.29, 0.717) is 35.3 Å². The maximum absolute atomic E-state index is 13.5. The van der Waals surface area contributed by atoms with Gasteiger partial charge in [-0.2, -0.15) is 4.31 Å². The van der Waals surface area contributed by atoms with Gasteiger partial charge in [0, 0.05) is 18.3 Å². The molecule has 1 saturated heterocycles. The lowest BCUT2D eigenvalue weighted by Gasteiger charge is -2.27. The molecule has 2 aliphatic rings. The van der Waals surface area contributed by atoms with Crippen LogP contribution in [0.15, 0.2) is 35.2 Å². The summed E-state index contributed by atoms with van der Waals surface area (Å²) in [6.07, 6.45) is 0.164. The molecule has 0 saturated carbocycles. The van der Waals surface area contributed by atoms with E-state index >= 15 is 0 Å². The first kappa shape index (κ1) is 22.2. The molecule has 0 aromatic heterocycles. The van der Waals surface area contributed by atoms with E-state index < -0.39 is 33.9 Å². The largest absolute Gasteiger partial charge is 0.479 e. The summed E-state index contributed by atoms with van der Waals surface area (Å²) in [5.74, 6) is -0.919. The topological polar surface area (TPSA) is 105 Å². The fourth-order valence-electron chi connectivity index (χ4n) is 4.02. The Hall–Kier alpha value is -2.98. The lowest BCUT2D eigenvalue weighted by atomic mass is 10.1. The molecule has 0 unspecified atom stereocenters. The first-order valence-electron chi connectivity index (χ1n) is 10.3. The molecule has 2 amide bonds. The lowest BCUT2D eigenvalue weighted by molar-refractivity contribution is -0.122. The third kappa shape index (κ3) is 3.95. The monoisotopic (exact) mass is 461 g/mol. The molecule has 0 aliphatic carbocycles. The Morgan fingerprint density at radius 3 is 2.69 bits per heavy atom. The van der Waals surface area contributed by atoms with Crippen LogP contribution in [-0.4, -0.2) is 43.2 Å². The number of anilines is 2. The third-order valence-corrected chi connectivity index (χ3v) is 7.80. The summed E-state index contributed by atoms with van der Waals surface area (Å²) in [7, 11) is -4.02. The van der Waals surface area contributed by atoms with Gasteiger partial charge in [0.25, 0.3) is 5.91 Å². The summed E-state index contributed by atoms with van der Waals surface area (Å²) < 4.78 is 47.2. The third-order valence-electron chi connectivity index (χ3n) is 5.75. The van der Waals surface area contributed by atoms with Crippen molar-refractivity contribution in [2.24, 2.45) is 0 Å². The second kappa shape index (κ2) is 8.18. The molecule has 4 rings (SSSR count). The molecule has 2 N–H and O–H groups in total. The Morgan fingerprint density at radius 1 is 1.22 bits per heavy atom. The Labute approximate surface area is 185 Å². The molecule has 8 nitrogen and oxygen atoms in total. The van der Waals surface area contributed by atoms with Crippen molar-refractivity contribution in [3.63, 3.8) is 0 Å². The maximum atomic E-state index is 13.5. The molecule has 0 spiro atoms. The molecule has 2 aromatic rings. The van der Waals surface area contributed by atoms with Crippen LogP contribution < -0.4 is 15.4 Å². The zero-order valence-electron chi connectivity index (χ0n) is 17.9. The number of nitrogens with one attached hydrogen (secondary N) is 2. The van der Waals surface area contributed by atoms with Gasteiger partial charge in [0.2, 0.25) is 15.9 Å². The normalized spacial score (nSPS) is 20.9. The van der Waals surface area contributed by atoms with Gasteiger partial charge in [0.15, 0.2) is 6.10 Å². The van der Waals surface area contributed by atoms with Crippen LogP contribution in [0.2, 0.25) is 0 Å². The molecule has 2 aromatic carbocycles. The summed E-state index contributed by atoms with van der Waals surface area (Å²) in [6, 6.07) is 6.06. The fraction of sp³-hybridized carbons (Fsp3) is 0.364. The highest BCUT2D eigenvalue weighted by atomic mass is 32.2. The minimum absolute atomic E-state index is 0.0252. The molecule has 32 heavy (non-hydrogen) atoms. The van der Waals surface area contributed by atoms with E-state index in [-0.39, 0.29) is 23.1 Å². The van der Waals surface area contributed by atoms with Crippen LogP contribution in [0.5, 0.6) is 5.75 Å². The number of carbonyl (C=O) groups excluding carboxylic acids is 2. The molecule has 10 heteroatoms. The fourth-order valence-corrected chi connectivity index (χ4v) is 5.90. The van der Waals surface area contributed by atoms with Crippen molar-refractivity contribution < 1.29 is 27.1 Å². The van der Waals surface area contributed by atoms with Gasteiger partial charge in [-0.3, -0.25) is 9.59 Å². The predicted octanol–water partition coefficient (Wildman–Crippen LogP) is 2.95. The summed E-state index contributed by atoms with van der Waals surface area (Å²) in [5, 5.41) is 5.42. The Kier molecular flexibility index (Phi) is 5.68. The van der Waals surface area contributed by atoms with Crippen molar-refractivity contribution in [1.82, 2.24) is 4.31 Å². The molecule has 2 atom stereocenters. The SMILES string of the molecule is Cc1cc(F)ccc1NC(=O)[C@H]1CCCN1S(=O)(=O)c1cc2c(cc1C)NC(=O)[C@H](C)O2. The van der Waals surface area contributed by atoms with Crippen LogP contribution in [0.1, 0.15) is 30.9 Å². The van der Waals surface area contributed by atoms with Gasteiger partial charge in [0.05, 0.1) is 10.6 Å². The van der Waals surface area contributed by atoms with Crippen molar-refractivity contribution in [3.8, 4) is 5.75 Å². The van der Waals surface area contributed by atoms with Crippen molar-refractivity contribution in [2.45, 2.75) is 50.7 Å². The van der Waals surface area contributed by atoms with Gasteiger partial charge in [-0.15, -0.1) is 0 Å². The van der Waals surface area contributed by atoms with Crippen molar-refractivity contribution >= 4 is 33.2 Å². The van der Waals surface area contributed by atoms with Crippen LogP contribution in [0.4, 0.5) is 15.8 Å². The van der Waals surface area contributed by atoms with Crippen molar-refractivity contribution in [2.75, 3.05) is 17.2 Å². The molecule has 0 radical (unpaired) electrons. The van der Waals surface area contributed by atoms with E-state index in [9.17, 15) is 22.4 Å². The number of ether oxygens (including phenoxy) is 1. The Morgan fingerprint density at radius 2 is 1.97 bits per heavy atom. The molecule has 170 valence electrons. The van der Waals surface area contributed by atoms with Crippen molar-refractivity contribution in [1.29, 1.82) is 0 Å². The van der Waals surface area contributed by atoms with E-state index in [4.69, 9.17) is 4.74 Å². The summed E-state index contributed by atoms with van der Waals surface area (Å²) in [6.45, 7) is 5.07. The first-order valence-corrected chi connectivity index (χ1v) is 11.7. The van der Waals surface area contributed by atoms with E-state index in [1.54, 1.807) is 26.8 Å². The number of hydrogen-bond donors (Lipinski definition) is 2. The summed E-state index contributed by atoms with van der Waals surface area (Å²) >= 11 is 0. The van der Waals surface area contributed by atoms with Gasteiger partial charge in [-0.25, -0.2) is 12.8 Å². The van der Waals surface area contributed by atoms with Gasteiger partial charge >= 0.3 is 0 Å². The number of rotatable bonds is 4. The highest BCUT2D eigenvalue weighted by molar-refractivity contribution is 7.89. The van der Waals surface area contributed by atoms with Crippen molar-refractivity contribution in [3.05, 3.63) is 47.3 Å². The van der Waals surface area contributed by atoms with Crippen LogP contribution in [0, 0.1) is 19.7 Å². The summed E-state index contributed by atoms with van der Waals surface area (Å²) in [4.78, 5) is 24.8. The second-order valence-electron chi connectivity index (χ2n) is 8.09. The zero-order valence-corrected chi connectivity index (χ0v) is 18.8. The van der Waals surface area contributed by atoms with Crippen LogP contribution in [0.3, 0.4) is 0 Å². The maximum Gasteiger partial charge on any atom is 0.265 e. The average molecular weight is 462 g/mol. The molecular formula is C22H24FN3O5S. The van der Waals surface area contributed by atoms with Gasteiger partial charge in [0.1, 0.15) is 17.6 Å². The number of amides is 2. The highest BCUT2D eigenvalue weighted by Crippen LogP contribution is 2.37. The van der Waals surface area contributed by atoms with Gasteiger partial charge in [-0.05, 0) is 69.0 Å². The van der Waals surface area contributed by atoms with Gasteiger partial charge in [-0.1, -0.05) is 0 Å². The Bertz CT molecular complexity index is 1210. The number of fused-ring (bicyclic) bond motifs is 1. The first-order chi connectivity index (χ1) is 15.1. The highest BCUT2D eigenvalue weighted by Gasteiger charge is 2.41.